The molecule has 0 saturated carbocycles. The molecule has 2 N–H and O–H groups in total. The lowest BCUT2D eigenvalue weighted by Crippen LogP contribution is -2.13. The topological polar surface area (TPSA) is 73.1 Å². The Morgan fingerprint density at radius 2 is 2.00 bits per heavy atom. The third-order valence-corrected chi connectivity index (χ3v) is 3.52. The van der Waals surface area contributed by atoms with Gasteiger partial charge in [-0.15, -0.1) is 11.6 Å². The van der Waals surface area contributed by atoms with Gasteiger partial charge in [0.05, 0.1) is 0 Å². The van der Waals surface area contributed by atoms with E-state index in [2.05, 4.69) is 4.98 Å². The van der Waals surface area contributed by atoms with Crippen LogP contribution in [0.3, 0.4) is 0 Å². The van der Waals surface area contributed by atoms with Crippen LogP contribution in [0.25, 0.3) is 0 Å². The maximum Gasteiger partial charge on any atom is 0.239 e. The van der Waals surface area contributed by atoms with Gasteiger partial charge in [-0.1, -0.05) is 6.92 Å². The van der Waals surface area contributed by atoms with Crippen LogP contribution in [0, 0.1) is 0 Å². The van der Waals surface area contributed by atoms with Crippen LogP contribution in [0.4, 0.5) is 0 Å². The average Bonchev–Trinajstić information content (AvgIpc) is 2.15. The maximum atomic E-state index is 11.0. The first-order chi connectivity index (χ1) is 6.82. The van der Waals surface area contributed by atoms with Gasteiger partial charge in [0.2, 0.25) is 10.0 Å². The van der Waals surface area contributed by atoms with Gasteiger partial charge in [-0.2, -0.15) is 0 Å². The van der Waals surface area contributed by atoms with Gasteiger partial charge in [0.15, 0.2) is 0 Å². The summed E-state index contributed by atoms with van der Waals surface area (Å²) >= 11 is 5.91. The lowest BCUT2D eigenvalue weighted by molar-refractivity contribution is 0.597. The fraction of sp³-hybridized carbons (Fsp3) is 0.444. The van der Waals surface area contributed by atoms with Gasteiger partial charge in [-0.3, -0.25) is 4.98 Å². The number of primary sulfonamides is 1. The average molecular weight is 249 g/mol. The molecule has 0 spiro atoms. The van der Waals surface area contributed by atoms with Crippen molar-refractivity contribution in [1.82, 2.24) is 4.98 Å². The molecule has 6 heteroatoms. The number of aromatic nitrogens is 1. The van der Waals surface area contributed by atoms with E-state index in [1.165, 1.54) is 12.3 Å². The molecule has 0 amide bonds. The molecule has 1 heterocycles. The van der Waals surface area contributed by atoms with Gasteiger partial charge in [0.25, 0.3) is 0 Å². The lowest BCUT2D eigenvalue weighted by Gasteiger charge is -2.12. The number of hydrogen-bond acceptors (Lipinski definition) is 3. The van der Waals surface area contributed by atoms with Gasteiger partial charge in [0.1, 0.15) is 4.90 Å². The smallest absolute Gasteiger partial charge is 0.239 e. The number of alkyl halides is 1. The molecule has 1 aromatic heterocycles. The van der Waals surface area contributed by atoms with Crippen LogP contribution >= 0.6 is 11.6 Å². The number of sulfonamides is 1. The van der Waals surface area contributed by atoms with E-state index in [-0.39, 0.29) is 16.2 Å². The molecule has 0 aliphatic rings. The monoisotopic (exact) mass is 248 g/mol. The largest absolute Gasteiger partial charge is 0.260 e. The molecule has 0 fully saturated rings. The minimum atomic E-state index is -3.66. The molecule has 0 aromatic carbocycles. The van der Waals surface area contributed by atoms with E-state index in [4.69, 9.17) is 16.7 Å². The summed E-state index contributed by atoms with van der Waals surface area (Å²) in [7, 11) is -3.66. The van der Waals surface area contributed by atoms with Crippen molar-refractivity contribution in [2.75, 3.05) is 0 Å². The van der Waals surface area contributed by atoms with Gasteiger partial charge < -0.3 is 0 Å². The molecule has 0 aliphatic carbocycles. The second kappa shape index (κ2) is 4.47. The lowest BCUT2D eigenvalue weighted by atomic mass is 10.0. The fourth-order valence-corrected chi connectivity index (χ4v) is 1.65. The van der Waals surface area contributed by atoms with Crippen LogP contribution in [0.5, 0.6) is 0 Å². The molecule has 2 atom stereocenters. The van der Waals surface area contributed by atoms with E-state index in [0.29, 0.717) is 0 Å². The summed E-state index contributed by atoms with van der Waals surface area (Å²) in [5, 5.41) is 4.89. The first kappa shape index (κ1) is 12.4. The van der Waals surface area contributed by atoms with Crippen LogP contribution < -0.4 is 5.14 Å². The predicted octanol–water partition coefficient (Wildman–Crippen LogP) is 1.46. The summed E-state index contributed by atoms with van der Waals surface area (Å²) in [4.78, 5) is 4.04. The van der Waals surface area contributed by atoms with Gasteiger partial charge in [-0.05, 0) is 19.1 Å². The van der Waals surface area contributed by atoms with Crippen molar-refractivity contribution in [3.8, 4) is 0 Å². The molecule has 15 heavy (non-hydrogen) atoms. The SMILES string of the molecule is CC(Cl)C(C)c1ccc(S(N)(=O)=O)cn1. The zero-order valence-corrected chi connectivity index (χ0v) is 10.1. The number of hydrogen-bond donors (Lipinski definition) is 1. The quantitative estimate of drug-likeness (QED) is 0.823. The maximum absolute atomic E-state index is 11.0. The normalized spacial score (nSPS) is 16.0. The van der Waals surface area contributed by atoms with Crippen molar-refractivity contribution >= 4 is 21.6 Å². The number of nitrogens with two attached hydrogens (primary N) is 1. The van der Waals surface area contributed by atoms with E-state index in [9.17, 15) is 8.42 Å². The van der Waals surface area contributed by atoms with Gasteiger partial charge >= 0.3 is 0 Å². The molecule has 0 bridgehead atoms. The Balaban J connectivity index is 3.01. The molecular weight excluding hydrogens is 236 g/mol. The summed E-state index contributed by atoms with van der Waals surface area (Å²) in [5.41, 5.74) is 0.755. The number of pyridine rings is 1. The Labute approximate surface area is 94.5 Å². The standard InChI is InChI=1S/C9H13ClN2O2S/c1-6(7(2)10)9-4-3-8(5-12-9)15(11,13)14/h3-7H,1-2H3,(H2,11,13,14). The van der Waals surface area contributed by atoms with Crippen LogP contribution in [0.1, 0.15) is 25.5 Å². The van der Waals surface area contributed by atoms with Crippen LogP contribution in [-0.2, 0) is 10.0 Å². The molecule has 0 radical (unpaired) electrons. The van der Waals surface area contributed by atoms with E-state index >= 15 is 0 Å². The number of halogens is 1. The molecule has 1 aromatic rings. The van der Waals surface area contributed by atoms with Crippen molar-refractivity contribution in [3.05, 3.63) is 24.0 Å². The zero-order chi connectivity index (χ0) is 11.6. The first-order valence-corrected chi connectivity index (χ1v) is 6.43. The van der Waals surface area contributed by atoms with Crippen molar-refractivity contribution in [1.29, 1.82) is 0 Å². The highest BCUT2D eigenvalue weighted by Crippen LogP contribution is 2.21. The molecule has 84 valence electrons. The van der Waals surface area contributed by atoms with E-state index in [0.717, 1.165) is 5.69 Å². The summed E-state index contributed by atoms with van der Waals surface area (Å²) < 4.78 is 21.9. The van der Waals surface area contributed by atoms with Crippen LogP contribution in [0.15, 0.2) is 23.2 Å². The number of nitrogens with zero attached hydrogens (tertiary/aromatic N) is 1. The third-order valence-electron chi connectivity index (χ3n) is 2.24. The van der Waals surface area contributed by atoms with Crippen molar-refractivity contribution in [3.63, 3.8) is 0 Å². The first-order valence-electron chi connectivity index (χ1n) is 4.45. The Hall–Kier alpha value is -0.650. The predicted molar refractivity (Wildman–Crippen MR) is 59.3 cm³/mol. The molecule has 4 nitrogen and oxygen atoms in total. The van der Waals surface area contributed by atoms with Crippen LogP contribution in [0.2, 0.25) is 0 Å². The zero-order valence-electron chi connectivity index (χ0n) is 8.51. The second-order valence-corrected chi connectivity index (χ2v) is 5.68. The van der Waals surface area contributed by atoms with Gasteiger partial charge in [-0.25, -0.2) is 13.6 Å². The Kier molecular flexibility index (Phi) is 3.70. The summed E-state index contributed by atoms with van der Waals surface area (Å²) in [6.45, 7) is 3.79. The van der Waals surface area contributed by atoms with E-state index in [1.807, 2.05) is 13.8 Å². The van der Waals surface area contributed by atoms with Crippen LogP contribution in [-0.4, -0.2) is 18.8 Å². The molecular formula is C9H13ClN2O2S. The Morgan fingerprint density at radius 3 is 2.33 bits per heavy atom. The fourth-order valence-electron chi connectivity index (χ4n) is 1.06. The Bertz CT molecular complexity index is 428. The van der Waals surface area contributed by atoms with Crippen molar-refractivity contribution in [2.24, 2.45) is 5.14 Å². The van der Waals surface area contributed by atoms with Gasteiger partial charge in [0, 0.05) is 23.2 Å². The molecule has 1 rings (SSSR count). The highest BCUT2D eigenvalue weighted by Gasteiger charge is 2.14. The summed E-state index contributed by atoms with van der Waals surface area (Å²) in [5.74, 6) is 0.0706. The minimum Gasteiger partial charge on any atom is -0.260 e. The minimum absolute atomic E-state index is 0.0145. The molecule has 0 aliphatic heterocycles. The van der Waals surface area contributed by atoms with E-state index < -0.39 is 10.0 Å². The third kappa shape index (κ3) is 3.15. The Morgan fingerprint density at radius 1 is 1.40 bits per heavy atom. The highest BCUT2D eigenvalue weighted by molar-refractivity contribution is 7.89. The summed E-state index contributed by atoms with van der Waals surface area (Å²) in [6, 6.07) is 3.07. The van der Waals surface area contributed by atoms with Crippen molar-refractivity contribution < 1.29 is 8.42 Å². The summed E-state index contributed by atoms with van der Waals surface area (Å²) in [6.07, 6.45) is 1.25. The molecule has 2 unspecified atom stereocenters. The molecule has 0 saturated heterocycles. The highest BCUT2D eigenvalue weighted by atomic mass is 35.5. The van der Waals surface area contributed by atoms with Crippen molar-refractivity contribution in [2.45, 2.75) is 30.0 Å². The number of rotatable bonds is 3. The second-order valence-electron chi connectivity index (χ2n) is 3.43. The van der Waals surface area contributed by atoms with E-state index in [1.54, 1.807) is 6.07 Å².